The van der Waals surface area contributed by atoms with Crippen LogP contribution in [0.3, 0.4) is 0 Å². The summed E-state index contributed by atoms with van der Waals surface area (Å²) in [6, 6.07) is 16.6. The number of carbonyl (C=O) groups is 1. The molecule has 0 spiro atoms. The number of rotatable bonds is 3. The number of aryl methyl sites for hydroxylation is 1. The van der Waals surface area contributed by atoms with Gasteiger partial charge in [0.25, 0.3) is 0 Å². The first-order chi connectivity index (χ1) is 14.0. The number of esters is 1. The topological polar surface area (TPSA) is 46.5 Å². The largest absolute Gasteiger partial charge is 0.465 e. The second-order valence-corrected chi connectivity index (χ2v) is 8.53. The number of ether oxygens (including phenoxy) is 1. The van der Waals surface area contributed by atoms with Crippen molar-refractivity contribution < 1.29 is 14.6 Å². The molecule has 3 nitrogen and oxygen atoms in total. The lowest BCUT2D eigenvalue weighted by atomic mass is 9.52. The van der Waals surface area contributed by atoms with E-state index in [1.54, 1.807) is 6.92 Å². The van der Waals surface area contributed by atoms with Crippen LogP contribution in [0, 0.1) is 17.8 Å². The molecular weight excluding hydrogens is 360 g/mol. The fourth-order valence-corrected chi connectivity index (χ4v) is 5.57. The molecule has 0 aliphatic heterocycles. The van der Waals surface area contributed by atoms with Crippen LogP contribution >= 0.6 is 0 Å². The van der Waals surface area contributed by atoms with Gasteiger partial charge in [-0.05, 0) is 80.2 Å². The quantitative estimate of drug-likeness (QED) is 0.624. The van der Waals surface area contributed by atoms with E-state index >= 15 is 0 Å². The highest BCUT2D eigenvalue weighted by atomic mass is 16.5. The molecule has 150 valence electrons. The number of hydrogen-bond donors (Lipinski definition) is 1. The van der Waals surface area contributed by atoms with Crippen molar-refractivity contribution in [2.45, 2.75) is 56.5 Å². The first kappa shape index (κ1) is 19.7. The molecule has 1 N–H and O–H groups in total. The van der Waals surface area contributed by atoms with Crippen LogP contribution in [0.15, 0.2) is 48.5 Å². The molecule has 0 radical (unpaired) electrons. The van der Waals surface area contributed by atoms with Crippen LogP contribution in [-0.4, -0.2) is 23.8 Å². The van der Waals surface area contributed by atoms with Gasteiger partial charge in [0.05, 0.1) is 12.7 Å². The number of aliphatic hydroxyl groups is 1. The highest BCUT2D eigenvalue weighted by molar-refractivity contribution is 5.89. The lowest BCUT2D eigenvalue weighted by Gasteiger charge is -2.52. The SMILES string of the molecule is CC#C[C@@]1(O)CC[C@@]2(Cc3ccccc3)c3ccc(C(=O)OC)cc3CC[C@@H]2C1. The Morgan fingerprint density at radius 2 is 2.00 bits per heavy atom. The van der Waals surface area contributed by atoms with Crippen molar-refractivity contribution in [2.24, 2.45) is 5.92 Å². The first-order valence-electron chi connectivity index (χ1n) is 10.4. The van der Waals surface area contributed by atoms with Crippen LogP contribution in [0.25, 0.3) is 0 Å². The van der Waals surface area contributed by atoms with Gasteiger partial charge < -0.3 is 9.84 Å². The van der Waals surface area contributed by atoms with Crippen molar-refractivity contribution in [3.05, 3.63) is 70.8 Å². The molecular formula is C26H28O3. The van der Waals surface area contributed by atoms with E-state index in [1.807, 2.05) is 18.2 Å². The Morgan fingerprint density at radius 1 is 1.21 bits per heavy atom. The van der Waals surface area contributed by atoms with Crippen LogP contribution < -0.4 is 0 Å². The molecule has 0 saturated heterocycles. The Morgan fingerprint density at radius 3 is 2.72 bits per heavy atom. The van der Waals surface area contributed by atoms with E-state index < -0.39 is 5.60 Å². The molecule has 2 aliphatic rings. The lowest BCUT2D eigenvalue weighted by Crippen LogP contribution is -2.50. The Balaban J connectivity index is 1.79. The van der Waals surface area contributed by atoms with E-state index in [9.17, 15) is 9.90 Å². The third-order valence-corrected chi connectivity index (χ3v) is 6.90. The number of carbonyl (C=O) groups excluding carboxylic acids is 1. The van der Waals surface area contributed by atoms with Gasteiger partial charge in [0.1, 0.15) is 5.60 Å². The van der Waals surface area contributed by atoms with Gasteiger partial charge in [-0.3, -0.25) is 0 Å². The molecule has 0 amide bonds. The number of hydrogen-bond acceptors (Lipinski definition) is 3. The van der Waals surface area contributed by atoms with Crippen molar-refractivity contribution >= 4 is 5.97 Å². The molecule has 2 aromatic carbocycles. The van der Waals surface area contributed by atoms with Gasteiger partial charge in [-0.2, -0.15) is 0 Å². The predicted octanol–water partition coefficient (Wildman–Crippen LogP) is 4.45. The number of fused-ring (bicyclic) bond motifs is 3. The summed E-state index contributed by atoms with van der Waals surface area (Å²) >= 11 is 0. The Hall–Kier alpha value is -2.57. The Bertz CT molecular complexity index is 968. The third kappa shape index (κ3) is 3.58. The average molecular weight is 389 g/mol. The smallest absolute Gasteiger partial charge is 0.337 e. The zero-order chi connectivity index (χ0) is 20.5. The van der Waals surface area contributed by atoms with Gasteiger partial charge in [-0.15, -0.1) is 5.92 Å². The monoisotopic (exact) mass is 388 g/mol. The van der Waals surface area contributed by atoms with Gasteiger partial charge in [-0.25, -0.2) is 4.79 Å². The van der Waals surface area contributed by atoms with Crippen LogP contribution in [0.5, 0.6) is 0 Å². The second-order valence-electron chi connectivity index (χ2n) is 8.53. The number of methoxy groups -OCH3 is 1. The van der Waals surface area contributed by atoms with Crippen LogP contribution in [0.2, 0.25) is 0 Å². The molecule has 0 heterocycles. The van der Waals surface area contributed by atoms with Crippen molar-refractivity contribution in [2.75, 3.05) is 7.11 Å². The molecule has 3 heteroatoms. The van der Waals surface area contributed by atoms with Crippen molar-refractivity contribution in [3.63, 3.8) is 0 Å². The summed E-state index contributed by atoms with van der Waals surface area (Å²) in [5.74, 6) is 6.08. The fraction of sp³-hybridized carbons (Fsp3) is 0.423. The summed E-state index contributed by atoms with van der Waals surface area (Å²) in [4.78, 5) is 12.0. The van der Waals surface area contributed by atoms with E-state index in [1.165, 1.54) is 23.8 Å². The van der Waals surface area contributed by atoms with Gasteiger partial charge in [-0.1, -0.05) is 42.3 Å². The third-order valence-electron chi connectivity index (χ3n) is 6.90. The summed E-state index contributed by atoms with van der Waals surface area (Å²) in [5, 5.41) is 11.1. The Labute approximate surface area is 173 Å². The van der Waals surface area contributed by atoms with Gasteiger partial charge in [0, 0.05) is 5.41 Å². The Kier molecular flexibility index (Phi) is 5.23. The molecule has 0 bridgehead atoms. The zero-order valence-corrected chi connectivity index (χ0v) is 17.2. The van der Waals surface area contributed by atoms with Crippen molar-refractivity contribution in [1.29, 1.82) is 0 Å². The maximum atomic E-state index is 12.0. The van der Waals surface area contributed by atoms with E-state index in [4.69, 9.17) is 4.74 Å². The minimum atomic E-state index is -0.886. The van der Waals surface area contributed by atoms with Gasteiger partial charge in [0.2, 0.25) is 0 Å². The molecule has 2 aromatic rings. The van der Waals surface area contributed by atoms with Gasteiger partial charge in [0.15, 0.2) is 0 Å². The highest BCUT2D eigenvalue weighted by Gasteiger charge is 2.51. The molecule has 29 heavy (non-hydrogen) atoms. The maximum absolute atomic E-state index is 12.0. The number of benzene rings is 2. The summed E-state index contributed by atoms with van der Waals surface area (Å²) < 4.78 is 4.92. The summed E-state index contributed by atoms with van der Waals surface area (Å²) in [7, 11) is 1.42. The highest BCUT2D eigenvalue weighted by Crippen LogP contribution is 2.54. The molecule has 3 atom stereocenters. The van der Waals surface area contributed by atoms with E-state index in [0.717, 1.165) is 25.7 Å². The van der Waals surface area contributed by atoms with Crippen LogP contribution in [0.4, 0.5) is 0 Å². The van der Waals surface area contributed by atoms with Crippen molar-refractivity contribution in [1.82, 2.24) is 0 Å². The van der Waals surface area contributed by atoms with E-state index in [-0.39, 0.29) is 11.4 Å². The molecule has 4 rings (SSSR count). The van der Waals surface area contributed by atoms with Gasteiger partial charge >= 0.3 is 5.97 Å². The lowest BCUT2D eigenvalue weighted by molar-refractivity contribution is -0.00802. The molecule has 0 unspecified atom stereocenters. The molecule has 2 aliphatic carbocycles. The van der Waals surface area contributed by atoms with E-state index in [0.29, 0.717) is 24.3 Å². The van der Waals surface area contributed by atoms with Crippen molar-refractivity contribution in [3.8, 4) is 11.8 Å². The standard InChI is InChI=1S/C26H28O3/c1-3-13-25(28)14-15-26(17-19-7-5-4-6-8-19)22(18-25)11-9-20-16-21(24(27)29-2)10-12-23(20)26/h4-8,10,12,16,22,28H,9,11,14-15,17-18H2,1-2H3/t22-,25-,26+/m1/s1. The van der Waals surface area contributed by atoms with Crippen LogP contribution in [0.1, 0.15) is 59.7 Å². The minimum absolute atomic E-state index is 0.0365. The summed E-state index contributed by atoms with van der Waals surface area (Å²) in [6.07, 6.45) is 5.13. The molecule has 1 saturated carbocycles. The maximum Gasteiger partial charge on any atom is 0.337 e. The minimum Gasteiger partial charge on any atom is -0.465 e. The predicted molar refractivity (Wildman–Crippen MR) is 114 cm³/mol. The summed E-state index contributed by atoms with van der Waals surface area (Å²) in [6.45, 7) is 1.80. The first-order valence-corrected chi connectivity index (χ1v) is 10.4. The van der Waals surface area contributed by atoms with E-state index in [2.05, 4.69) is 42.2 Å². The summed E-state index contributed by atoms with van der Waals surface area (Å²) in [5.41, 5.74) is 3.58. The normalized spacial score (nSPS) is 27.8. The second kappa shape index (κ2) is 7.69. The zero-order valence-electron chi connectivity index (χ0n) is 17.2. The molecule has 1 fully saturated rings. The molecule has 0 aromatic heterocycles. The fourth-order valence-electron chi connectivity index (χ4n) is 5.57. The average Bonchev–Trinajstić information content (AvgIpc) is 2.74. The van der Waals surface area contributed by atoms with Crippen LogP contribution in [-0.2, 0) is 23.0 Å².